The highest BCUT2D eigenvalue weighted by Crippen LogP contribution is 2.32. The third-order valence-corrected chi connectivity index (χ3v) is 5.60. The Morgan fingerprint density at radius 1 is 1.08 bits per heavy atom. The molecule has 0 aliphatic heterocycles. The number of hydrogen-bond acceptors (Lipinski definition) is 2. The Bertz CT molecular complexity index is 887. The lowest BCUT2D eigenvalue weighted by atomic mass is 9.99. The van der Waals surface area contributed by atoms with Gasteiger partial charge in [-0.3, -0.25) is 0 Å². The van der Waals surface area contributed by atoms with Crippen LogP contribution in [0.15, 0.2) is 36.4 Å². The van der Waals surface area contributed by atoms with Gasteiger partial charge in [-0.25, -0.2) is 4.98 Å². The van der Waals surface area contributed by atoms with Crippen molar-refractivity contribution >= 4 is 45.8 Å². The van der Waals surface area contributed by atoms with Crippen LogP contribution >= 0.6 is 34.8 Å². The normalized spacial score (nSPS) is 14.0. The summed E-state index contributed by atoms with van der Waals surface area (Å²) in [5.41, 5.74) is 9.35. The molecule has 0 spiro atoms. The van der Waals surface area contributed by atoms with E-state index in [1.165, 1.54) is 0 Å². The molecule has 0 amide bonds. The molecule has 0 fully saturated rings. The molecule has 0 radical (unpaired) electrons. The van der Waals surface area contributed by atoms with E-state index in [0.29, 0.717) is 27.5 Å². The van der Waals surface area contributed by atoms with Crippen molar-refractivity contribution < 1.29 is 0 Å². The van der Waals surface area contributed by atoms with Gasteiger partial charge >= 0.3 is 0 Å². The van der Waals surface area contributed by atoms with E-state index in [0.717, 1.165) is 28.8 Å². The number of rotatable bonds is 5. The third kappa shape index (κ3) is 3.80. The quantitative estimate of drug-likeness (QED) is 0.567. The molecule has 0 saturated carbocycles. The summed E-state index contributed by atoms with van der Waals surface area (Å²) in [5.74, 6) is 1.16. The summed E-state index contributed by atoms with van der Waals surface area (Å²) < 4.78 is 2.12. The molecule has 132 valence electrons. The summed E-state index contributed by atoms with van der Waals surface area (Å²) in [7, 11) is 0. The lowest BCUT2D eigenvalue weighted by Crippen LogP contribution is -2.23. The third-order valence-electron chi connectivity index (χ3n) is 4.63. The van der Waals surface area contributed by atoms with E-state index >= 15 is 0 Å². The van der Waals surface area contributed by atoms with Gasteiger partial charge in [0.2, 0.25) is 0 Å². The largest absolute Gasteiger partial charge is 0.322 e. The second-order valence-corrected chi connectivity index (χ2v) is 7.60. The summed E-state index contributed by atoms with van der Waals surface area (Å²) >= 11 is 18.4. The van der Waals surface area contributed by atoms with E-state index in [4.69, 9.17) is 45.5 Å². The number of aromatic nitrogens is 2. The molecule has 1 aromatic heterocycles. The van der Waals surface area contributed by atoms with Crippen LogP contribution in [0.25, 0.3) is 11.0 Å². The van der Waals surface area contributed by atoms with E-state index < -0.39 is 0 Å². The summed E-state index contributed by atoms with van der Waals surface area (Å²) in [5, 5.41) is 1.72. The molecule has 0 aliphatic carbocycles. The number of hydrogen-bond donors (Lipinski definition) is 1. The lowest BCUT2D eigenvalue weighted by molar-refractivity contribution is 0.428. The predicted octanol–water partition coefficient (Wildman–Crippen LogP) is 6.09. The van der Waals surface area contributed by atoms with Gasteiger partial charge in [-0.15, -0.1) is 0 Å². The van der Waals surface area contributed by atoms with Crippen molar-refractivity contribution in [3.63, 3.8) is 0 Å². The van der Waals surface area contributed by atoms with Gasteiger partial charge in [-0.1, -0.05) is 67.2 Å². The fourth-order valence-corrected chi connectivity index (χ4v) is 3.28. The van der Waals surface area contributed by atoms with Crippen LogP contribution in [0.3, 0.4) is 0 Å². The van der Waals surface area contributed by atoms with Gasteiger partial charge in [-0.2, -0.15) is 0 Å². The van der Waals surface area contributed by atoms with Gasteiger partial charge in [0.25, 0.3) is 0 Å². The highest BCUT2D eigenvalue weighted by molar-refractivity contribution is 6.42. The molecule has 3 rings (SSSR count). The SMILES string of the molecule is CCC(C)[C@H](N)c1nc2cc(Cl)c(Cl)cc2n1Cc1ccc(Cl)cc1. The second kappa shape index (κ2) is 7.55. The minimum absolute atomic E-state index is 0.165. The zero-order valence-corrected chi connectivity index (χ0v) is 16.4. The molecule has 2 aromatic carbocycles. The molecule has 25 heavy (non-hydrogen) atoms. The van der Waals surface area contributed by atoms with Gasteiger partial charge in [0.1, 0.15) is 5.82 Å². The second-order valence-electron chi connectivity index (χ2n) is 6.35. The number of imidazole rings is 1. The lowest BCUT2D eigenvalue weighted by Gasteiger charge is -2.20. The Hall–Kier alpha value is -1.26. The molecule has 0 bridgehead atoms. The molecular formula is C19H20Cl3N3. The number of halogens is 3. The minimum Gasteiger partial charge on any atom is -0.322 e. The van der Waals surface area contributed by atoms with E-state index in [1.54, 1.807) is 6.07 Å². The first kappa shape index (κ1) is 18.5. The van der Waals surface area contributed by atoms with Crippen molar-refractivity contribution in [2.24, 2.45) is 11.7 Å². The number of benzene rings is 2. The first-order valence-corrected chi connectivity index (χ1v) is 9.39. The van der Waals surface area contributed by atoms with Crippen LogP contribution in [0.2, 0.25) is 15.1 Å². The molecule has 1 heterocycles. The van der Waals surface area contributed by atoms with Crippen molar-refractivity contribution in [1.82, 2.24) is 9.55 Å². The Balaban J connectivity index is 2.14. The van der Waals surface area contributed by atoms with Crippen LogP contribution in [0.1, 0.15) is 37.7 Å². The van der Waals surface area contributed by atoms with Crippen molar-refractivity contribution in [3.05, 3.63) is 62.9 Å². The maximum absolute atomic E-state index is 6.50. The average molecular weight is 397 g/mol. The molecule has 0 aliphatic rings. The fourth-order valence-electron chi connectivity index (χ4n) is 2.84. The molecule has 1 unspecified atom stereocenters. The minimum atomic E-state index is -0.165. The van der Waals surface area contributed by atoms with Crippen molar-refractivity contribution in [3.8, 4) is 0 Å². The van der Waals surface area contributed by atoms with Crippen LogP contribution < -0.4 is 5.73 Å². The van der Waals surface area contributed by atoms with Gasteiger partial charge in [-0.05, 0) is 35.7 Å². The van der Waals surface area contributed by atoms with Crippen molar-refractivity contribution in [2.75, 3.05) is 0 Å². The molecule has 3 aromatic rings. The van der Waals surface area contributed by atoms with Gasteiger partial charge in [0.05, 0.1) is 27.1 Å². The van der Waals surface area contributed by atoms with Crippen LogP contribution in [0.5, 0.6) is 0 Å². The Morgan fingerprint density at radius 2 is 1.72 bits per heavy atom. The molecular weight excluding hydrogens is 377 g/mol. The molecule has 2 N–H and O–H groups in total. The standard InChI is InChI=1S/C19H20Cl3N3/c1-3-11(2)18(23)19-24-16-8-14(21)15(22)9-17(16)25(19)10-12-4-6-13(20)7-5-12/h4-9,11,18H,3,10,23H2,1-2H3/t11?,18-/m0/s1. The van der Waals surface area contributed by atoms with Crippen LogP contribution in [-0.2, 0) is 6.54 Å². The average Bonchev–Trinajstić information content (AvgIpc) is 2.93. The monoisotopic (exact) mass is 395 g/mol. The zero-order valence-electron chi connectivity index (χ0n) is 14.1. The Morgan fingerprint density at radius 3 is 2.36 bits per heavy atom. The molecule has 3 nitrogen and oxygen atoms in total. The van der Waals surface area contributed by atoms with Gasteiger partial charge in [0.15, 0.2) is 0 Å². The van der Waals surface area contributed by atoms with E-state index in [-0.39, 0.29) is 6.04 Å². The smallest absolute Gasteiger partial charge is 0.127 e. The van der Waals surface area contributed by atoms with E-state index in [9.17, 15) is 0 Å². The van der Waals surface area contributed by atoms with E-state index in [1.807, 2.05) is 30.3 Å². The number of fused-ring (bicyclic) bond motifs is 1. The first-order valence-electron chi connectivity index (χ1n) is 8.26. The van der Waals surface area contributed by atoms with Crippen LogP contribution in [0.4, 0.5) is 0 Å². The topological polar surface area (TPSA) is 43.8 Å². The predicted molar refractivity (Wildman–Crippen MR) is 107 cm³/mol. The molecule has 2 atom stereocenters. The van der Waals surface area contributed by atoms with E-state index in [2.05, 4.69) is 18.4 Å². The van der Waals surface area contributed by atoms with Gasteiger partial charge in [0, 0.05) is 11.6 Å². The summed E-state index contributed by atoms with van der Waals surface area (Å²) in [6.45, 7) is 4.91. The highest BCUT2D eigenvalue weighted by atomic mass is 35.5. The van der Waals surface area contributed by atoms with Crippen molar-refractivity contribution in [2.45, 2.75) is 32.9 Å². The molecule has 6 heteroatoms. The summed E-state index contributed by atoms with van der Waals surface area (Å²) in [6.07, 6.45) is 0.979. The number of nitrogens with zero attached hydrogens (tertiary/aromatic N) is 2. The maximum Gasteiger partial charge on any atom is 0.127 e. The molecule has 0 saturated heterocycles. The highest BCUT2D eigenvalue weighted by Gasteiger charge is 2.22. The Labute approximate surface area is 162 Å². The fraction of sp³-hybridized carbons (Fsp3) is 0.316. The maximum atomic E-state index is 6.50. The van der Waals surface area contributed by atoms with Crippen LogP contribution in [0, 0.1) is 5.92 Å². The summed E-state index contributed by atoms with van der Waals surface area (Å²) in [6, 6.07) is 11.3. The summed E-state index contributed by atoms with van der Waals surface area (Å²) in [4.78, 5) is 4.77. The van der Waals surface area contributed by atoms with Crippen molar-refractivity contribution in [1.29, 1.82) is 0 Å². The first-order chi connectivity index (χ1) is 11.9. The van der Waals surface area contributed by atoms with Gasteiger partial charge < -0.3 is 10.3 Å². The zero-order chi connectivity index (χ0) is 18.1. The number of nitrogens with two attached hydrogens (primary N) is 1. The van der Waals surface area contributed by atoms with Crippen LogP contribution in [-0.4, -0.2) is 9.55 Å². The Kier molecular flexibility index (Phi) is 5.59.